The minimum atomic E-state index is -3.34. The van der Waals surface area contributed by atoms with Gasteiger partial charge in [-0.05, 0) is 32.4 Å². The molecule has 0 radical (unpaired) electrons. The number of carbonyl (C=O) groups excluding carboxylic acids is 1. The van der Waals surface area contributed by atoms with Crippen molar-refractivity contribution in [3.05, 3.63) is 23.4 Å². The van der Waals surface area contributed by atoms with Gasteiger partial charge in [0.2, 0.25) is 10.0 Å². The minimum Gasteiger partial charge on any atom is -0.384 e. The maximum Gasteiger partial charge on any atom is 0.251 e. The van der Waals surface area contributed by atoms with Gasteiger partial charge in [0.1, 0.15) is 5.82 Å². The second kappa shape index (κ2) is 6.40. The van der Waals surface area contributed by atoms with Crippen molar-refractivity contribution in [1.82, 2.24) is 15.0 Å². The molecule has 0 aliphatic rings. The summed E-state index contributed by atoms with van der Waals surface area (Å²) in [5.74, 6) is -0.0322. The van der Waals surface area contributed by atoms with Gasteiger partial charge in [0.15, 0.2) is 0 Å². The highest BCUT2D eigenvalue weighted by atomic mass is 32.2. The number of nitrogens with zero attached hydrogens (tertiary/aromatic N) is 1. The zero-order valence-electron chi connectivity index (χ0n) is 12.7. The monoisotopic (exact) mass is 314 g/mol. The number of nitrogen functional groups attached to an aromatic ring is 1. The normalized spacial score (nSPS) is 12.2. The molecule has 0 fully saturated rings. The molecule has 0 spiro atoms. The number of pyridine rings is 1. The largest absolute Gasteiger partial charge is 0.384 e. The third kappa shape index (κ3) is 6.09. The number of hydrogen-bond donors (Lipinski definition) is 3. The first kappa shape index (κ1) is 17.4. The summed E-state index contributed by atoms with van der Waals surface area (Å²) < 4.78 is 24.9. The molecule has 1 rings (SSSR count). The number of aromatic nitrogens is 1. The first-order chi connectivity index (χ1) is 9.52. The van der Waals surface area contributed by atoms with Gasteiger partial charge in [0.05, 0.1) is 6.26 Å². The third-order valence-corrected chi connectivity index (χ3v) is 3.60. The number of nitrogens with two attached hydrogens (primary N) is 1. The lowest BCUT2D eigenvalue weighted by Gasteiger charge is -2.25. The van der Waals surface area contributed by atoms with Crippen LogP contribution in [0.2, 0.25) is 0 Å². The Balaban J connectivity index is 2.76. The standard InChI is InChI=1S/C13H22N4O3S/c1-5-10-6-9(7-11(14)16-10)12(18)15-8-13(2,3)17-21(4,19)20/h6-7,17H,5,8H2,1-4H3,(H2,14,16)(H,15,18). The Bertz CT molecular complexity index is 626. The van der Waals surface area contributed by atoms with Gasteiger partial charge in [-0.1, -0.05) is 6.92 Å². The molecule has 21 heavy (non-hydrogen) atoms. The fraction of sp³-hybridized carbons (Fsp3) is 0.538. The first-order valence-corrected chi connectivity index (χ1v) is 8.45. The number of amides is 1. The Morgan fingerprint density at radius 1 is 1.38 bits per heavy atom. The number of anilines is 1. The molecule has 0 aliphatic heterocycles. The summed E-state index contributed by atoms with van der Waals surface area (Å²) in [5.41, 5.74) is 6.01. The van der Waals surface area contributed by atoms with E-state index < -0.39 is 15.6 Å². The van der Waals surface area contributed by atoms with Crippen molar-refractivity contribution in [2.24, 2.45) is 0 Å². The number of sulfonamides is 1. The van der Waals surface area contributed by atoms with Gasteiger partial charge in [0.25, 0.3) is 5.91 Å². The fourth-order valence-electron chi connectivity index (χ4n) is 1.86. The van der Waals surface area contributed by atoms with E-state index in [9.17, 15) is 13.2 Å². The van der Waals surface area contributed by atoms with Crippen LogP contribution in [0.1, 0.15) is 36.8 Å². The lowest BCUT2D eigenvalue weighted by Crippen LogP contribution is -2.51. The van der Waals surface area contributed by atoms with Crippen molar-refractivity contribution in [2.75, 3.05) is 18.5 Å². The molecule has 0 unspecified atom stereocenters. The van der Waals surface area contributed by atoms with Crippen LogP contribution >= 0.6 is 0 Å². The van der Waals surface area contributed by atoms with Crippen molar-refractivity contribution < 1.29 is 13.2 Å². The van der Waals surface area contributed by atoms with Crippen LogP contribution in [-0.4, -0.2) is 37.6 Å². The Morgan fingerprint density at radius 2 is 2.00 bits per heavy atom. The predicted octanol–water partition coefficient (Wildman–Crippen LogP) is 0.284. The highest BCUT2D eigenvalue weighted by molar-refractivity contribution is 7.88. The Kier molecular flexibility index (Phi) is 5.30. The average molecular weight is 314 g/mol. The molecule has 1 heterocycles. The zero-order chi connectivity index (χ0) is 16.3. The molecule has 0 saturated heterocycles. The van der Waals surface area contributed by atoms with E-state index in [-0.39, 0.29) is 18.3 Å². The molecular weight excluding hydrogens is 292 g/mol. The molecule has 118 valence electrons. The SMILES string of the molecule is CCc1cc(C(=O)NCC(C)(C)NS(C)(=O)=O)cc(N)n1. The van der Waals surface area contributed by atoms with Crippen LogP contribution < -0.4 is 15.8 Å². The van der Waals surface area contributed by atoms with Crippen LogP contribution in [0.4, 0.5) is 5.82 Å². The Labute approximate surface area is 125 Å². The van der Waals surface area contributed by atoms with Crippen molar-refractivity contribution in [3.63, 3.8) is 0 Å². The van der Waals surface area contributed by atoms with Gasteiger partial charge in [-0.25, -0.2) is 18.1 Å². The molecule has 1 amide bonds. The van der Waals surface area contributed by atoms with E-state index in [2.05, 4.69) is 15.0 Å². The molecule has 7 nitrogen and oxygen atoms in total. The fourth-order valence-corrected chi connectivity index (χ4v) is 2.94. The van der Waals surface area contributed by atoms with Gasteiger partial charge in [0, 0.05) is 23.3 Å². The van der Waals surface area contributed by atoms with Gasteiger partial charge in [-0.15, -0.1) is 0 Å². The summed E-state index contributed by atoms with van der Waals surface area (Å²) in [5, 5.41) is 2.69. The summed E-state index contributed by atoms with van der Waals surface area (Å²) in [4.78, 5) is 16.2. The van der Waals surface area contributed by atoms with E-state index in [0.717, 1.165) is 11.9 Å². The van der Waals surface area contributed by atoms with E-state index in [1.807, 2.05) is 6.92 Å². The number of hydrogen-bond acceptors (Lipinski definition) is 5. The smallest absolute Gasteiger partial charge is 0.251 e. The molecule has 1 aromatic heterocycles. The van der Waals surface area contributed by atoms with Crippen molar-refractivity contribution in [1.29, 1.82) is 0 Å². The number of nitrogens with one attached hydrogen (secondary N) is 2. The predicted molar refractivity (Wildman–Crippen MR) is 82.4 cm³/mol. The summed E-state index contributed by atoms with van der Waals surface area (Å²) in [7, 11) is -3.34. The first-order valence-electron chi connectivity index (χ1n) is 6.56. The van der Waals surface area contributed by atoms with E-state index in [1.54, 1.807) is 19.9 Å². The molecule has 0 saturated carbocycles. The molecule has 8 heteroatoms. The molecule has 0 bridgehead atoms. The Morgan fingerprint density at radius 3 is 2.52 bits per heavy atom. The second-order valence-corrected chi connectivity index (χ2v) is 7.31. The lowest BCUT2D eigenvalue weighted by molar-refractivity contribution is 0.0944. The quantitative estimate of drug-likeness (QED) is 0.698. The number of aryl methyl sites for hydroxylation is 1. The molecule has 4 N–H and O–H groups in total. The van der Waals surface area contributed by atoms with E-state index in [4.69, 9.17) is 5.73 Å². The molecule has 1 aromatic rings. The summed E-state index contributed by atoms with van der Waals surface area (Å²) in [6.45, 7) is 5.45. The zero-order valence-corrected chi connectivity index (χ0v) is 13.5. The van der Waals surface area contributed by atoms with Gasteiger partial charge in [-0.2, -0.15) is 0 Å². The number of carbonyl (C=O) groups is 1. The van der Waals surface area contributed by atoms with Gasteiger partial charge in [-0.3, -0.25) is 4.79 Å². The topological polar surface area (TPSA) is 114 Å². The third-order valence-electron chi connectivity index (χ3n) is 2.68. The van der Waals surface area contributed by atoms with E-state index in [1.165, 1.54) is 6.07 Å². The Hall–Kier alpha value is -1.67. The highest BCUT2D eigenvalue weighted by Gasteiger charge is 2.23. The summed E-state index contributed by atoms with van der Waals surface area (Å²) >= 11 is 0. The molecule has 0 atom stereocenters. The molecule has 0 aromatic carbocycles. The van der Waals surface area contributed by atoms with E-state index >= 15 is 0 Å². The van der Waals surface area contributed by atoms with Gasteiger partial charge < -0.3 is 11.1 Å². The molecule has 0 aliphatic carbocycles. The van der Waals surface area contributed by atoms with Crippen LogP contribution in [0.3, 0.4) is 0 Å². The molecular formula is C13H22N4O3S. The van der Waals surface area contributed by atoms with Crippen LogP contribution in [0.25, 0.3) is 0 Å². The van der Waals surface area contributed by atoms with Crippen LogP contribution in [0.5, 0.6) is 0 Å². The summed E-state index contributed by atoms with van der Waals surface area (Å²) in [6.07, 6.45) is 1.75. The second-order valence-electron chi connectivity index (χ2n) is 5.57. The number of rotatable bonds is 6. The highest BCUT2D eigenvalue weighted by Crippen LogP contribution is 2.09. The summed E-state index contributed by atoms with van der Waals surface area (Å²) in [6, 6.07) is 3.16. The lowest BCUT2D eigenvalue weighted by atomic mass is 10.1. The maximum absolute atomic E-state index is 12.1. The average Bonchev–Trinajstić information content (AvgIpc) is 2.32. The van der Waals surface area contributed by atoms with Crippen LogP contribution in [0, 0.1) is 0 Å². The van der Waals surface area contributed by atoms with Crippen LogP contribution in [0.15, 0.2) is 12.1 Å². The van der Waals surface area contributed by atoms with Crippen LogP contribution in [-0.2, 0) is 16.4 Å². The van der Waals surface area contributed by atoms with Gasteiger partial charge >= 0.3 is 0 Å². The van der Waals surface area contributed by atoms with E-state index in [0.29, 0.717) is 12.0 Å². The van der Waals surface area contributed by atoms with Crippen molar-refractivity contribution in [3.8, 4) is 0 Å². The maximum atomic E-state index is 12.1. The minimum absolute atomic E-state index is 0.155. The van der Waals surface area contributed by atoms with Crippen molar-refractivity contribution in [2.45, 2.75) is 32.7 Å². The van der Waals surface area contributed by atoms with Crippen molar-refractivity contribution >= 4 is 21.7 Å².